The molecule has 0 saturated heterocycles. The molecule has 108 valence electrons. The Balaban J connectivity index is 2.34. The molecule has 0 aromatic heterocycles. The maximum atomic E-state index is 12.2. The topological polar surface area (TPSA) is 72.2 Å². The zero-order valence-electron chi connectivity index (χ0n) is 10.9. The fourth-order valence-electron chi connectivity index (χ4n) is 1.76. The van der Waals surface area contributed by atoms with Gasteiger partial charge in [-0.3, -0.25) is 14.9 Å². The number of nitro benzene ring substituents is 1. The molecule has 2 rings (SSSR count). The molecule has 0 aliphatic carbocycles. The molecule has 2 aromatic carbocycles. The third-order valence-corrected chi connectivity index (χ3v) is 3.92. The highest BCUT2D eigenvalue weighted by Gasteiger charge is 2.18. The third-order valence-electron chi connectivity index (χ3n) is 2.77. The van der Waals surface area contributed by atoms with Crippen molar-refractivity contribution in [1.29, 1.82) is 0 Å². The van der Waals surface area contributed by atoms with Crippen molar-refractivity contribution in [1.82, 2.24) is 0 Å². The first kappa shape index (κ1) is 15.7. The molecular weight excluding hydrogens is 404 g/mol. The summed E-state index contributed by atoms with van der Waals surface area (Å²) in [6.45, 7) is 1.91. The predicted octanol–water partition coefficient (Wildman–Crippen LogP) is 4.68. The molecule has 1 N–H and O–H groups in total. The molecule has 0 aliphatic rings. The van der Waals surface area contributed by atoms with Crippen LogP contribution in [0.3, 0.4) is 0 Å². The van der Waals surface area contributed by atoms with Crippen LogP contribution in [-0.4, -0.2) is 10.8 Å². The summed E-state index contributed by atoms with van der Waals surface area (Å²) in [5.74, 6) is -0.410. The molecule has 0 bridgehead atoms. The average molecular weight is 414 g/mol. The molecule has 0 heterocycles. The average Bonchev–Trinajstić information content (AvgIpc) is 2.40. The van der Waals surface area contributed by atoms with E-state index in [1.54, 1.807) is 18.2 Å². The van der Waals surface area contributed by atoms with Crippen LogP contribution >= 0.6 is 31.9 Å². The van der Waals surface area contributed by atoms with Gasteiger partial charge in [-0.25, -0.2) is 0 Å². The molecule has 21 heavy (non-hydrogen) atoms. The van der Waals surface area contributed by atoms with E-state index in [4.69, 9.17) is 0 Å². The lowest BCUT2D eigenvalue weighted by Crippen LogP contribution is -2.13. The fraction of sp³-hybridized carbons (Fsp3) is 0.0714. The van der Waals surface area contributed by atoms with E-state index in [1.165, 1.54) is 12.1 Å². The number of carbonyl (C=O) groups is 1. The van der Waals surface area contributed by atoms with E-state index in [2.05, 4.69) is 37.2 Å². The minimum atomic E-state index is -0.537. The Kier molecular flexibility index (Phi) is 4.74. The molecule has 1 amide bonds. The normalized spacial score (nSPS) is 10.2. The van der Waals surface area contributed by atoms with E-state index in [9.17, 15) is 14.9 Å². The SMILES string of the molecule is Cc1ccc(C(=O)Nc2ccc(Br)cc2[N+](=O)[O-])c(Br)c1. The second kappa shape index (κ2) is 6.36. The van der Waals surface area contributed by atoms with E-state index in [1.807, 2.05) is 13.0 Å². The highest BCUT2D eigenvalue weighted by molar-refractivity contribution is 9.10. The van der Waals surface area contributed by atoms with Gasteiger partial charge in [-0.15, -0.1) is 0 Å². The first-order valence-corrected chi connectivity index (χ1v) is 7.48. The fourth-order valence-corrected chi connectivity index (χ4v) is 2.78. The summed E-state index contributed by atoms with van der Waals surface area (Å²) in [6.07, 6.45) is 0. The quantitative estimate of drug-likeness (QED) is 0.586. The van der Waals surface area contributed by atoms with Crippen molar-refractivity contribution in [2.45, 2.75) is 6.92 Å². The van der Waals surface area contributed by atoms with Crippen molar-refractivity contribution in [2.24, 2.45) is 0 Å². The summed E-state index contributed by atoms with van der Waals surface area (Å²) in [5.41, 5.74) is 1.41. The Bertz CT molecular complexity index is 732. The van der Waals surface area contributed by atoms with Crippen molar-refractivity contribution in [3.05, 3.63) is 66.6 Å². The van der Waals surface area contributed by atoms with Crippen molar-refractivity contribution in [2.75, 3.05) is 5.32 Å². The van der Waals surface area contributed by atoms with Gasteiger partial charge in [0.2, 0.25) is 0 Å². The van der Waals surface area contributed by atoms with Gasteiger partial charge in [0, 0.05) is 15.0 Å². The molecular formula is C14H10Br2N2O3. The van der Waals surface area contributed by atoms with Gasteiger partial charge in [0.25, 0.3) is 11.6 Å². The van der Waals surface area contributed by atoms with Crippen LogP contribution in [0.2, 0.25) is 0 Å². The number of nitro groups is 1. The third kappa shape index (κ3) is 3.68. The van der Waals surface area contributed by atoms with Crippen LogP contribution < -0.4 is 5.32 Å². The van der Waals surface area contributed by atoms with E-state index in [0.29, 0.717) is 14.5 Å². The Morgan fingerprint density at radius 1 is 1.19 bits per heavy atom. The monoisotopic (exact) mass is 412 g/mol. The zero-order valence-corrected chi connectivity index (χ0v) is 14.1. The minimum absolute atomic E-state index is 0.153. The maximum absolute atomic E-state index is 12.2. The zero-order chi connectivity index (χ0) is 15.6. The molecule has 0 atom stereocenters. The second-order valence-corrected chi connectivity index (χ2v) is 6.13. The Morgan fingerprint density at radius 3 is 2.52 bits per heavy atom. The maximum Gasteiger partial charge on any atom is 0.293 e. The summed E-state index contributed by atoms with van der Waals surface area (Å²) < 4.78 is 1.21. The van der Waals surface area contributed by atoms with Gasteiger partial charge in [0.1, 0.15) is 5.69 Å². The number of rotatable bonds is 3. The summed E-state index contributed by atoms with van der Waals surface area (Å²) in [6, 6.07) is 9.74. The lowest BCUT2D eigenvalue weighted by molar-refractivity contribution is -0.384. The number of carbonyl (C=O) groups excluding carboxylic acids is 1. The van der Waals surface area contributed by atoms with Crippen molar-refractivity contribution in [3.8, 4) is 0 Å². The van der Waals surface area contributed by atoms with Gasteiger partial charge < -0.3 is 5.32 Å². The number of anilines is 1. The molecule has 5 nitrogen and oxygen atoms in total. The highest BCUT2D eigenvalue weighted by Crippen LogP contribution is 2.29. The Morgan fingerprint density at radius 2 is 1.90 bits per heavy atom. The van der Waals surface area contributed by atoms with Gasteiger partial charge in [-0.2, -0.15) is 0 Å². The van der Waals surface area contributed by atoms with Crippen LogP contribution in [0.15, 0.2) is 45.3 Å². The molecule has 0 aliphatic heterocycles. The van der Waals surface area contributed by atoms with E-state index >= 15 is 0 Å². The molecule has 0 saturated carbocycles. The predicted molar refractivity (Wildman–Crippen MR) is 87.6 cm³/mol. The van der Waals surface area contributed by atoms with E-state index < -0.39 is 10.8 Å². The lowest BCUT2D eigenvalue weighted by Gasteiger charge is -2.08. The smallest absolute Gasteiger partial charge is 0.293 e. The van der Waals surface area contributed by atoms with Crippen molar-refractivity contribution < 1.29 is 9.72 Å². The van der Waals surface area contributed by atoms with Crippen molar-refractivity contribution in [3.63, 3.8) is 0 Å². The first-order valence-electron chi connectivity index (χ1n) is 5.90. The van der Waals surface area contributed by atoms with E-state index in [0.717, 1.165) is 5.56 Å². The van der Waals surface area contributed by atoms with Crippen LogP contribution in [-0.2, 0) is 0 Å². The molecule has 0 radical (unpaired) electrons. The minimum Gasteiger partial charge on any atom is -0.316 e. The van der Waals surface area contributed by atoms with Gasteiger partial charge in [-0.05, 0) is 52.7 Å². The largest absolute Gasteiger partial charge is 0.316 e. The summed E-state index contributed by atoms with van der Waals surface area (Å²) in [4.78, 5) is 22.7. The number of benzene rings is 2. The number of nitrogens with zero attached hydrogens (tertiary/aromatic N) is 1. The summed E-state index contributed by atoms with van der Waals surface area (Å²) in [5, 5.41) is 13.6. The lowest BCUT2D eigenvalue weighted by atomic mass is 10.1. The van der Waals surface area contributed by atoms with Crippen LogP contribution in [0.25, 0.3) is 0 Å². The van der Waals surface area contributed by atoms with Gasteiger partial charge in [-0.1, -0.05) is 22.0 Å². The number of halogens is 2. The van der Waals surface area contributed by atoms with Crippen LogP contribution in [0.5, 0.6) is 0 Å². The molecule has 2 aromatic rings. The summed E-state index contributed by atoms with van der Waals surface area (Å²) in [7, 11) is 0. The van der Waals surface area contributed by atoms with E-state index in [-0.39, 0.29) is 11.4 Å². The molecule has 0 unspecified atom stereocenters. The van der Waals surface area contributed by atoms with Gasteiger partial charge >= 0.3 is 0 Å². The van der Waals surface area contributed by atoms with Crippen LogP contribution in [0.4, 0.5) is 11.4 Å². The van der Waals surface area contributed by atoms with Crippen molar-refractivity contribution >= 4 is 49.1 Å². The van der Waals surface area contributed by atoms with Gasteiger partial charge in [0.15, 0.2) is 0 Å². The highest BCUT2D eigenvalue weighted by atomic mass is 79.9. The Hall–Kier alpha value is -1.73. The number of hydrogen-bond acceptors (Lipinski definition) is 3. The number of nitrogens with one attached hydrogen (secondary N) is 1. The number of amides is 1. The molecule has 0 fully saturated rings. The molecule has 0 spiro atoms. The first-order chi connectivity index (χ1) is 9.88. The molecule has 7 heteroatoms. The van der Waals surface area contributed by atoms with Gasteiger partial charge in [0.05, 0.1) is 10.5 Å². The second-order valence-electron chi connectivity index (χ2n) is 4.36. The standard InChI is InChI=1S/C14H10Br2N2O3/c1-8-2-4-10(11(16)6-8)14(19)17-12-5-3-9(15)7-13(12)18(20)21/h2-7H,1H3,(H,17,19). The Labute approximate surface area is 137 Å². The number of hydrogen-bond donors (Lipinski definition) is 1. The number of aryl methyl sites for hydroxylation is 1. The van der Waals surface area contributed by atoms with Crippen LogP contribution in [0, 0.1) is 17.0 Å². The van der Waals surface area contributed by atoms with Crippen LogP contribution in [0.1, 0.15) is 15.9 Å². The summed E-state index contributed by atoms with van der Waals surface area (Å²) >= 11 is 6.49.